The number of likely N-dealkylation sites (tertiary alicyclic amines) is 1. The molecule has 1 N–H and O–H groups in total. The molecule has 1 heterocycles. The molecule has 1 aliphatic heterocycles. The number of nitrogens with one attached hydrogen (secondary N) is 1. The van der Waals surface area contributed by atoms with Crippen LogP contribution < -0.4 is 5.32 Å². The zero-order chi connectivity index (χ0) is 13.4. The molecule has 1 rings (SSSR count). The molecule has 4 nitrogen and oxygen atoms in total. The van der Waals surface area contributed by atoms with Crippen molar-refractivity contribution in [1.29, 1.82) is 0 Å². The van der Waals surface area contributed by atoms with Gasteiger partial charge in [-0.05, 0) is 66.5 Å². The van der Waals surface area contributed by atoms with E-state index in [1.807, 2.05) is 0 Å². The maximum absolute atomic E-state index is 11.9. The third kappa shape index (κ3) is 6.36. The highest BCUT2D eigenvalue weighted by Crippen LogP contribution is 2.15. The average Bonchev–Trinajstić information content (AvgIpc) is 2.34. The molecule has 0 aliphatic carbocycles. The molecule has 0 aromatic rings. The Morgan fingerprint density at radius 1 is 1.22 bits per heavy atom. The molecule has 0 unspecified atom stereocenters. The van der Waals surface area contributed by atoms with Gasteiger partial charge in [0.15, 0.2) is 0 Å². The molecular weight excluding hydrogens is 226 g/mol. The number of nitrogens with zero attached hydrogens (tertiary/aromatic N) is 2. The van der Waals surface area contributed by atoms with Crippen LogP contribution in [0, 0.1) is 5.92 Å². The van der Waals surface area contributed by atoms with E-state index in [4.69, 9.17) is 0 Å². The summed E-state index contributed by atoms with van der Waals surface area (Å²) in [5.74, 6) is 0.527. The first-order valence-corrected chi connectivity index (χ1v) is 7.20. The number of hydrogen-bond acceptors (Lipinski definition) is 3. The normalized spacial score (nSPS) is 18.2. The van der Waals surface area contributed by atoms with E-state index in [9.17, 15) is 4.79 Å². The summed E-state index contributed by atoms with van der Waals surface area (Å²) < 4.78 is 0. The van der Waals surface area contributed by atoms with E-state index in [1.54, 1.807) is 0 Å². The van der Waals surface area contributed by atoms with Crippen molar-refractivity contribution in [2.45, 2.75) is 32.1 Å². The van der Waals surface area contributed by atoms with Crippen LogP contribution in [0.2, 0.25) is 0 Å². The van der Waals surface area contributed by atoms with Gasteiger partial charge in [-0.2, -0.15) is 0 Å². The highest BCUT2D eigenvalue weighted by molar-refractivity contribution is 5.78. The summed E-state index contributed by atoms with van der Waals surface area (Å²) in [6.07, 6.45) is 5.56. The molecule has 0 saturated carbocycles. The van der Waals surface area contributed by atoms with Crippen LogP contribution in [0.25, 0.3) is 0 Å². The third-order valence-electron chi connectivity index (χ3n) is 3.67. The van der Waals surface area contributed by atoms with Crippen LogP contribution in [0.3, 0.4) is 0 Å². The van der Waals surface area contributed by atoms with Gasteiger partial charge in [-0.15, -0.1) is 0 Å². The van der Waals surface area contributed by atoms with Gasteiger partial charge in [0.1, 0.15) is 0 Å². The van der Waals surface area contributed by atoms with Gasteiger partial charge < -0.3 is 15.1 Å². The van der Waals surface area contributed by atoms with Gasteiger partial charge >= 0.3 is 0 Å². The Morgan fingerprint density at radius 3 is 2.50 bits per heavy atom. The molecule has 4 heteroatoms. The van der Waals surface area contributed by atoms with Crippen molar-refractivity contribution in [3.8, 4) is 0 Å². The molecule has 0 atom stereocenters. The van der Waals surface area contributed by atoms with Gasteiger partial charge in [-0.3, -0.25) is 4.79 Å². The third-order valence-corrected chi connectivity index (χ3v) is 3.67. The molecule has 0 radical (unpaired) electrons. The lowest BCUT2D eigenvalue weighted by Gasteiger charge is -2.28. The number of amides is 1. The fourth-order valence-electron chi connectivity index (χ4n) is 2.36. The van der Waals surface area contributed by atoms with E-state index in [0.29, 0.717) is 0 Å². The Morgan fingerprint density at radius 2 is 1.89 bits per heavy atom. The molecule has 0 bridgehead atoms. The molecule has 18 heavy (non-hydrogen) atoms. The highest BCUT2D eigenvalue weighted by atomic mass is 16.1. The summed E-state index contributed by atoms with van der Waals surface area (Å²) in [4.78, 5) is 16.4. The predicted octanol–water partition coefficient (Wildman–Crippen LogP) is 1.18. The summed E-state index contributed by atoms with van der Waals surface area (Å²) in [7, 11) is 6.32. The van der Waals surface area contributed by atoms with Crippen molar-refractivity contribution >= 4 is 5.91 Å². The van der Waals surface area contributed by atoms with Crippen molar-refractivity contribution in [3.05, 3.63) is 0 Å². The Bertz CT molecular complexity index is 235. The number of rotatable bonds is 7. The average molecular weight is 255 g/mol. The number of unbranched alkanes of at least 4 members (excludes halogenated alkanes) is 2. The molecule has 1 fully saturated rings. The lowest BCUT2D eigenvalue weighted by molar-refractivity contribution is -0.126. The fraction of sp³-hybridized carbons (Fsp3) is 0.929. The topological polar surface area (TPSA) is 35.6 Å². The van der Waals surface area contributed by atoms with Crippen molar-refractivity contribution in [2.75, 3.05) is 47.3 Å². The fourth-order valence-corrected chi connectivity index (χ4v) is 2.36. The maximum Gasteiger partial charge on any atom is 0.223 e. The Labute approximate surface area is 112 Å². The standard InChI is InChI=1S/C14H29N3O/c1-16(2)10-6-4-5-9-15-14(18)13-7-11-17(3)12-8-13/h13H,4-12H2,1-3H3,(H,15,18). The minimum atomic E-state index is 0.253. The van der Waals surface area contributed by atoms with Crippen LogP contribution in [0.4, 0.5) is 0 Å². The van der Waals surface area contributed by atoms with Crippen molar-refractivity contribution in [1.82, 2.24) is 15.1 Å². The Kier molecular flexibility index (Phi) is 7.28. The van der Waals surface area contributed by atoms with Crippen LogP contribution in [0.5, 0.6) is 0 Å². The SMILES string of the molecule is CN(C)CCCCCNC(=O)C1CCN(C)CC1. The first kappa shape index (κ1) is 15.4. The summed E-state index contributed by atoms with van der Waals surface area (Å²) in [6, 6.07) is 0. The highest BCUT2D eigenvalue weighted by Gasteiger charge is 2.22. The lowest BCUT2D eigenvalue weighted by Crippen LogP contribution is -2.39. The first-order valence-electron chi connectivity index (χ1n) is 7.20. The minimum absolute atomic E-state index is 0.253. The van der Waals surface area contributed by atoms with Crippen LogP contribution >= 0.6 is 0 Å². The smallest absolute Gasteiger partial charge is 0.223 e. The van der Waals surface area contributed by atoms with Gasteiger partial charge in [0, 0.05) is 12.5 Å². The number of piperidine rings is 1. The van der Waals surface area contributed by atoms with Gasteiger partial charge in [0.05, 0.1) is 0 Å². The molecule has 0 spiro atoms. The zero-order valence-corrected chi connectivity index (χ0v) is 12.2. The van der Waals surface area contributed by atoms with E-state index in [2.05, 4.69) is 36.3 Å². The second-order valence-electron chi connectivity index (χ2n) is 5.73. The van der Waals surface area contributed by atoms with Crippen LogP contribution in [-0.4, -0.2) is 63.0 Å². The van der Waals surface area contributed by atoms with E-state index in [1.165, 1.54) is 12.8 Å². The predicted molar refractivity (Wildman–Crippen MR) is 75.6 cm³/mol. The van der Waals surface area contributed by atoms with E-state index >= 15 is 0 Å². The summed E-state index contributed by atoms with van der Waals surface area (Å²) >= 11 is 0. The van der Waals surface area contributed by atoms with E-state index < -0.39 is 0 Å². The van der Waals surface area contributed by atoms with Crippen LogP contribution in [0.15, 0.2) is 0 Å². The number of hydrogen-bond donors (Lipinski definition) is 1. The van der Waals surface area contributed by atoms with Crippen molar-refractivity contribution in [3.63, 3.8) is 0 Å². The first-order chi connectivity index (χ1) is 8.59. The molecule has 0 aromatic carbocycles. The van der Waals surface area contributed by atoms with E-state index in [0.717, 1.165) is 45.4 Å². The Balaban J connectivity index is 2.00. The second-order valence-corrected chi connectivity index (χ2v) is 5.73. The van der Waals surface area contributed by atoms with Crippen LogP contribution in [0.1, 0.15) is 32.1 Å². The largest absolute Gasteiger partial charge is 0.356 e. The molecule has 0 aromatic heterocycles. The molecule has 1 aliphatic rings. The van der Waals surface area contributed by atoms with Crippen molar-refractivity contribution in [2.24, 2.45) is 5.92 Å². The van der Waals surface area contributed by atoms with Gasteiger partial charge in [0.2, 0.25) is 5.91 Å². The molecule has 106 valence electrons. The molecule has 1 saturated heterocycles. The van der Waals surface area contributed by atoms with Gasteiger partial charge in [-0.25, -0.2) is 0 Å². The monoisotopic (exact) mass is 255 g/mol. The minimum Gasteiger partial charge on any atom is -0.356 e. The summed E-state index contributed by atoms with van der Waals surface area (Å²) in [5.41, 5.74) is 0. The summed E-state index contributed by atoms with van der Waals surface area (Å²) in [5, 5.41) is 3.08. The number of carbonyl (C=O) groups excluding carboxylic acids is 1. The van der Waals surface area contributed by atoms with Gasteiger partial charge in [0.25, 0.3) is 0 Å². The van der Waals surface area contributed by atoms with Crippen LogP contribution in [-0.2, 0) is 4.79 Å². The molecular formula is C14H29N3O. The quantitative estimate of drug-likeness (QED) is 0.694. The molecule has 1 amide bonds. The van der Waals surface area contributed by atoms with Crippen molar-refractivity contribution < 1.29 is 4.79 Å². The maximum atomic E-state index is 11.9. The van der Waals surface area contributed by atoms with Gasteiger partial charge in [-0.1, -0.05) is 6.42 Å². The number of carbonyl (C=O) groups is 1. The Hall–Kier alpha value is -0.610. The zero-order valence-electron chi connectivity index (χ0n) is 12.2. The second kappa shape index (κ2) is 8.48. The van der Waals surface area contributed by atoms with E-state index in [-0.39, 0.29) is 11.8 Å². The lowest BCUT2D eigenvalue weighted by atomic mass is 9.96. The summed E-state index contributed by atoms with van der Waals surface area (Å²) in [6.45, 7) is 4.10.